The van der Waals surface area contributed by atoms with E-state index in [0.29, 0.717) is 23.7 Å². The zero-order valence-corrected chi connectivity index (χ0v) is 16.9. The largest absolute Gasteiger partial charge is 0.462 e. The molecule has 0 aromatic rings. The molecule has 0 bridgehead atoms. The highest BCUT2D eigenvalue weighted by atomic mass is 32.2. The van der Waals surface area contributed by atoms with E-state index in [1.54, 1.807) is 0 Å². The molecule has 2 unspecified atom stereocenters. The Morgan fingerprint density at radius 3 is 1.67 bits per heavy atom. The summed E-state index contributed by atoms with van der Waals surface area (Å²) in [7, 11) is 0. The highest BCUT2D eigenvalue weighted by molar-refractivity contribution is 8.09. The molecule has 0 aliphatic carbocycles. The molecule has 4 nitrogen and oxygen atoms in total. The van der Waals surface area contributed by atoms with Crippen LogP contribution in [0, 0.1) is 0 Å². The first-order valence-electron chi connectivity index (χ1n) is 7.62. The lowest BCUT2D eigenvalue weighted by molar-refractivity contribution is -0.138. The maximum Gasteiger partial charge on any atom is 0.330 e. The molecule has 1 rings (SSSR count). The third kappa shape index (κ3) is 10.6. The van der Waals surface area contributed by atoms with E-state index >= 15 is 0 Å². The summed E-state index contributed by atoms with van der Waals surface area (Å²) < 4.78 is 9.91. The number of ether oxygens (including phenoxy) is 2. The Balaban J connectivity index is 1.96. The average Bonchev–Trinajstić information content (AvgIpc) is 2.61. The predicted octanol–water partition coefficient (Wildman–Crippen LogP) is 3.13. The normalized spacial score (nSPS) is 20.2. The van der Waals surface area contributed by atoms with Crippen molar-refractivity contribution in [1.29, 1.82) is 0 Å². The fourth-order valence-electron chi connectivity index (χ4n) is 1.73. The van der Waals surface area contributed by atoms with Crippen molar-refractivity contribution in [3.8, 4) is 0 Å². The van der Waals surface area contributed by atoms with Crippen molar-refractivity contribution in [3.63, 3.8) is 0 Å². The van der Waals surface area contributed by atoms with Gasteiger partial charge in [0.15, 0.2) is 0 Å². The Labute approximate surface area is 161 Å². The zero-order valence-electron chi connectivity index (χ0n) is 13.6. The van der Waals surface area contributed by atoms with E-state index < -0.39 is 0 Å². The molecule has 1 fully saturated rings. The van der Waals surface area contributed by atoms with Crippen LogP contribution in [0.2, 0.25) is 0 Å². The van der Waals surface area contributed by atoms with Gasteiger partial charge >= 0.3 is 11.9 Å². The molecule has 0 amide bonds. The number of carbonyl (C=O) groups is 2. The van der Waals surface area contributed by atoms with Crippen molar-refractivity contribution in [2.24, 2.45) is 0 Å². The Kier molecular flexibility index (Phi) is 12.8. The van der Waals surface area contributed by atoms with Crippen molar-refractivity contribution in [2.75, 3.05) is 47.7 Å². The van der Waals surface area contributed by atoms with Crippen molar-refractivity contribution >= 4 is 59.0 Å². The third-order valence-electron chi connectivity index (χ3n) is 2.92. The quantitative estimate of drug-likeness (QED) is 0.277. The first-order chi connectivity index (χ1) is 11.7. The van der Waals surface area contributed by atoms with Gasteiger partial charge in [0.1, 0.15) is 13.2 Å². The summed E-state index contributed by atoms with van der Waals surface area (Å²) in [5, 5.41) is 1.34. The van der Waals surface area contributed by atoms with Crippen molar-refractivity contribution < 1.29 is 19.1 Å². The van der Waals surface area contributed by atoms with E-state index in [-0.39, 0.29) is 11.9 Å². The molecule has 8 heteroatoms. The molecule has 2 atom stereocenters. The first-order valence-corrected chi connectivity index (χ1v) is 12.0. The monoisotopic (exact) mass is 408 g/mol. The van der Waals surface area contributed by atoms with Gasteiger partial charge in [0.2, 0.25) is 0 Å². The second-order valence-electron chi connectivity index (χ2n) is 4.80. The Morgan fingerprint density at radius 1 is 0.917 bits per heavy atom. The highest BCUT2D eigenvalue weighted by Gasteiger charge is 2.22. The second-order valence-corrected chi connectivity index (χ2v) is 9.77. The van der Waals surface area contributed by atoms with Gasteiger partial charge < -0.3 is 9.47 Å². The molecule has 1 aliphatic rings. The molecule has 0 aromatic heterocycles. The van der Waals surface area contributed by atoms with E-state index in [1.165, 1.54) is 23.7 Å². The lowest BCUT2D eigenvalue weighted by Crippen LogP contribution is -2.25. The number of thioether (sulfide) groups is 4. The number of hydrogen-bond donors (Lipinski definition) is 0. The third-order valence-corrected chi connectivity index (χ3v) is 8.75. The van der Waals surface area contributed by atoms with Gasteiger partial charge in [-0.15, -0.1) is 0 Å². The first kappa shape index (κ1) is 21.9. The van der Waals surface area contributed by atoms with Crippen molar-refractivity contribution in [2.45, 2.75) is 10.5 Å². The lowest BCUT2D eigenvalue weighted by Gasteiger charge is -2.27. The van der Waals surface area contributed by atoms with Crippen LogP contribution in [0.25, 0.3) is 0 Å². The van der Waals surface area contributed by atoms with Crippen LogP contribution in [0.5, 0.6) is 0 Å². The van der Waals surface area contributed by atoms with Gasteiger partial charge in [-0.3, -0.25) is 0 Å². The molecule has 0 saturated carbocycles. The van der Waals surface area contributed by atoms with Crippen LogP contribution >= 0.6 is 47.0 Å². The van der Waals surface area contributed by atoms with E-state index in [2.05, 4.69) is 13.2 Å². The molecule has 0 radical (unpaired) electrons. The van der Waals surface area contributed by atoms with Crippen LogP contribution < -0.4 is 0 Å². The van der Waals surface area contributed by atoms with E-state index in [0.717, 1.165) is 23.0 Å². The zero-order chi connectivity index (χ0) is 17.6. The van der Waals surface area contributed by atoms with Crippen LogP contribution in [0.3, 0.4) is 0 Å². The second kappa shape index (κ2) is 14.0. The Hall–Kier alpha value is -0.180. The summed E-state index contributed by atoms with van der Waals surface area (Å²) in [5.74, 6) is 5.51. The molecule has 0 aromatic carbocycles. The highest BCUT2D eigenvalue weighted by Crippen LogP contribution is 2.33. The summed E-state index contributed by atoms with van der Waals surface area (Å²) in [6, 6.07) is 0. The van der Waals surface area contributed by atoms with Gasteiger partial charge in [0.05, 0.1) is 0 Å². The van der Waals surface area contributed by atoms with Crippen LogP contribution in [0.4, 0.5) is 0 Å². The van der Waals surface area contributed by atoms with Gasteiger partial charge in [-0.05, 0) is 0 Å². The van der Waals surface area contributed by atoms with Crippen molar-refractivity contribution in [3.05, 3.63) is 25.3 Å². The number of hydrogen-bond acceptors (Lipinski definition) is 8. The summed E-state index contributed by atoms with van der Waals surface area (Å²) in [6.45, 7) is 7.64. The van der Waals surface area contributed by atoms with E-state index in [1.807, 2.05) is 47.0 Å². The van der Waals surface area contributed by atoms with Crippen LogP contribution in [0.1, 0.15) is 0 Å². The molecular weight excluding hydrogens is 384 g/mol. The summed E-state index contributed by atoms with van der Waals surface area (Å²) in [5.41, 5.74) is 0. The SMILES string of the molecule is C=CC(=O)OCCSCC1CSC(CSCCOC(=O)C=C)CS1. The topological polar surface area (TPSA) is 52.6 Å². The van der Waals surface area contributed by atoms with Gasteiger partial charge in [-0.25, -0.2) is 9.59 Å². The molecule has 24 heavy (non-hydrogen) atoms. The molecule has 0 spiro atoms. The summed E-state index contributed by atoms with van der Waals surface area (Å²) >= 11 is 7.74. The van der Waals surface area contributed by atoms with Gasteiger partial charge in [-0.1, -0.05) is 13.2 Å². The predicted molar refractivity (Wildman–Crippen MR) is 109 cm³/mol. The van der Waals surface area contributed by atoms with Crippen LogP contribution in [-0.4, -0.2) is 70.2 Å². The maximum atomic E-state index is 10.9. The molecule has 1 heterocycles. The fourth-order valence-corrected chi connectivity index (χ4v) is 7.32. The number of carbonyl (C=O) groups excluding carboxylic acids is 2. The minimum absolute atomic E-state index is 0.349. The van der Waals surface area contributed by atoms with Gasteiger partial charge in [0, 0.05) is 57.2 Å². The molecule has 1 saturated heterocycles. The van der Waals surface area contributed by atoms with Crippen molar-refractivity contribution in [1.82, 2.24) is 0 Å². The summed E-state index contributed by atoms with van der Waals surface area (Å²) in [6.07, 6.45) is 2.39. The van der Waals surface area contributed by atoms with Crippen LogP contribution in [0.15, 0.2) is 25.3 Å². The molecule has 1 aliphatic heterocycles. The Morgan fingerprint density at radius 2 is 1.33 bits per heavy atom. The molecule has 136 valence electrons. The van der Waals surface area contributed by atoms with Gasteiger partial charge in [-0.2, -0.15) is 47.0 Å². The minimum atomic E-state index is -0.349. The van der Waals surface area contributed by atoms with Gasteiger partial charge in [0.25, 0.3) is 0 Å². The van der Waals surface area contributed by atoms with E-state index in [4.69, 9.17) is 9.47 Å². The number of rotatable bonds is 12. The van der Waals surface area contributed by atoms with E-state index in [9.17, 15) is 9.59 Å². The standard InChI is InChI=1S/C16H24O4S4/c1-3-15(17)19-5-7-21-9-13-11-24-14(12-23-13)10-22-8-6-20-16(18)4-2/h3-4,13-14H,1-2,5-12H2. The lowest BCUT2D eigenvalue weighted by atomic mass is 10.5. The van der Waals surface area contributed by atoms with Crippen LogP contribution in [-0.2, 0) is 19.1 Å². The smallest absolute Gasteiger partial charge is 0.330 e. The number of esters is 2. The summed E-state index contributed by atoms with van der Waals surface area (Å²) in [4.78, 5) is 21.8. The fraction of sp³-hybridized carbons (Fsp3) is 0.625. The maximum absolute atomic E-state index is 10.9. The Bertz CT molecular complexity index is 371. The average molecular weight is 409 g/mol. The molecular formula is C16H24O4S4. The molecule has 0 N–H and O–H groups in total. The minimum Gasteiger partial charge on any atom is -0.462 e.